The Labute approximate surface area is 72.3 Å². The molecular formula is C9H13NS. The summed E-state index contributed by atoms with van der Waals surface area (Å²) < 4.78 is 0. The molecule has 1 nitrogen and oxygen atoms in total. The Balaban J connectivity index is 0.000000292. The average molecular weight is 167 g/mol. The van der Waals surface area contributed by atoms with Crippen LogP contribution in [-0.2, 0) is 0 Å². The molecule has 0 aromatic carbocycles. The van der Waals surface area contributed by atoms with E-state index < -0.39 is 0 Å². The Kier molecular flexibility index (Phi) is 4.56. The lowest BCUT2D eigenvalue weighted by atomic mass is 10.3. The molecular weight excluding hydrogens is 154 g/mol. The number of hydrogen-bond donors (Lipinski definition) is 0. The Morgan fingerprint density at radius 3 is 1.91 bits per heavy atom. The number of thiophene rings is 1. The topological polar surface area (TPSA) is 23.8 Å². The second-order valence-electron chi connectivity index (χ2n) is 2.32. The van der Waals surface area contributed by atoms with E-state index >= 15 is 0 Å². The van der Waals surface area contributed by atoms with Crippen molar-refractivity contribution >= 4 is 11.3 Å². The number of aryl methyl sites for hydroxylation is 3. The van der Waals surface area contributed by atoms with Gasteiger partial charge in [-0.15, -0.1) is 11.3 Å². The minimum Gasteiger partial charge on any atom is -0.199 e. The Bertz CT molecular complexity index is 236. The van der Waals surface area contributed by atoms with Gasteiger partial charge in [-0.25, -0.2) is 0 Å². The largest absolute Gasteiger partial charge is 0.199 e. The summed E-state index contributed by atoms with van der Waals surface area (Å²) in [6.07, 6.45) is 0. The van der Waals surface area contributed by atoms with Gasteiger partial charge in [0, 0.05) is 16.7 Å². The van der Waals surface area contributed by atoms with Crippen molar-refractivity contribution in [2.45, 2.75) is 27.7 Å². The zero-order valence-corrected chi connectivity index (χ0v) is 8.25. The lowest BCUT2D eigenvalue weighted by Crippen LogP contribution is -1.62. The van der Waals surface area contributed by atoms with Gasteiger partial charge in [-0.1, -0.05) is 0 Å². The minimum absolute atomic E-state index is 1.42. The van der Waals surface area contributed by atoms with Crippen LogP contribution in [-0.4, -0.2) is 0 Å². The van der Waals surface area contributed by atoms with Gasteiger partial charge in [0.25, 0.3) is 0 Å². The third-order valence-corrected chi connectivity index (χ3v) is 2.36. The zero-order valence-electron chi connectivity index (χ0n) is 7.43. The molecule has 0 fully saturated rings. The molecule has 60 valence electrons. The van der Waals surface area contributed by atoms with Gasteiger partial charge in [-0.3, -0.25) is 0 Å². The maximum Gasteiger partial charge on any atom is 0.0587 e. The summed E-state index contributed by atoms with van der Waals surface area (Å²) in [5.41, 5.74) is 1.42. The maximum absolute atomic E-state index is 7.32. The van der Waals surface area contributed by atoms with Crippen LogP contribution in [0.3, 0.4) is 0 Å². The monoisotopic (exact) mass is 167 g/mol. The average Bonchev–Trinajstić information content (AvgIpc) is 2.12. The molecule has 0 atom stereocenters. The molecule has 0 amide bonds. The standard InChI is InChI=1S/C7H10S.C2H3N/c1-5-4-6(2)8-7(5)3;1-2-3/h4H,1-3H3;1H3. The van der Waals surface area contributed by atoms with Crippen LogP contribution in [0.2, 0.25) is 0 Å². The molecule has 0 bridgehead atoms. The quantitative estimate of drug-likeness (QED) is 0.582. The second kappa shape index (κ2) is 4.92. The van der Waals surface area contributed by atoms with Crippen LogP contribution < -0.4 is 0 Å². The molecule has 0 unspecified atom stereocenters. The van der Waals surface area contributed by atoms with E-state index in [-0.39, 0.29) is 0 Å². The molecule has 2 heteroatoms. The van der Waals surface area contributed by atoms with Crippen LogP contribution in [0.25, 0.3) is 0 Å². The fourth-order valence-electron chi connectivity index (χ4n) is 0.758. The Morgan fingerprint density at radius 1 is 1.36 bits per heavy atom. The zero-order chi connectivity index (χ0) is 8.85. The fraction of sp³-hybridized carbons (Fsp3) is 0.444. The van der Waals surface area contributed by atoms with E-state index in [0.29, 0.717) is 0 Å². The first-order chi connectivity index (χ1) is 5.11. The highest BCUT2D eigenvalue weighted by atomic mass is 32.1. The first kappa shape index (κ1) is 10.2. The molecule has 0 saturated heterocycles. The second-order valence-corrected chi connectivity index (χ2v) is 3.78. The molecule has 1 rings (SSSR count). The third-order valence-electron chi connectivity index (χ3n) is 1.29. The number of hydrogen-bond acceptors (Lipinski definition) is 2. The van der Waals surface area contributed by atoms with Crippen molar-refractivity contribution in [2.75, 3.05) is 0 Å². The molecule has 11 heavy (non-hydrogen) atoms. The lowest BCUT2D eigenvalue weighted by Gasteiger charge is -1.79. The van der Waals surface area contributed by atoms with Gasteiger partial charge in [0.05, 0.1) is 6.07 Å². The summed E-state index contributed by atoms with van der Waals surface area (Å²) in [7, 11) is 0. The highest BCUT2D eigenvalue weighted by Crippen LogP contribution is 2.18. The molecule has 0 saturated carbocycles. The Hall–Kier alpha value is -0.810. The van der Waals surface area contributed by atoms with Crippen molar-refractivity contribution in [3.8, 4) is 6.07 Å². The molecule has 1 heterocycles. The summed E-state index contributed by atoms with van der Waals surface area (Å²) in [6.45, 7) is 7.89. The summed E-state index contributed by atoms with van der Waals surface area (Å²) in [6, 6.07) is 3.97. The van der Waals surface area contributed by atoms with Crippen LogP contribution in [0.5, 0.6) is 0 Å². The minimum atomic E-state index is 1.42. The van der Waals surface area contributed by atoms with Crippen molar-refractivity contribution in [3.63, 3.8) is 0 Å². The van der Waals surface area contributed by atoms with Gasteiger partial charge in [-0.2, -0.15) is 5.26 Å². The van der Waals surface area contributed by atoms with Crippen molar-refractivity contribution in [1.82, 2.24) is 0 Å². The molecule has 0 aliphatic rings. The predicted molar refractivity (Wildman–Crippen MR) is 49.8 cm³/mol. The van der Waals surface area contributed by atoms with Crippen LogP contribution in [0, 0.1) is 32.1 Å². The van der Waals surface area contributed by atoms with E-state index in [4.69, 9.17) is 5.26 Å². The molecule has 0 N–H and O–H groups in total. The first-order valence-electron chi connectivity index (χ1n) is 3.46. The van der Waals surface area contributed by atoms with Gasteiger partial charge in [0.1, 0.15) is 0 Å². The van der Waals surface area contributed by atoms with Crippen molar-refractivity contribution in [3.05, 3.63) is 21.4 Å². The predicted octanol–water partition coefficient (Wildman–Crippen LogP) is 3.20. The Morgan fingerprint density at radius 2 is 1.82 bits per heavy atom. The normalized spacial score (nSPS) is 7.91. The van der Waals surface area contributed by atoms with E-state index in [0.717, 1.165) is 0 Å². The summed E-state index contributed by atoms with van der Waals surface area (Å²) in [5, 5.41) is 7.32. The van der Waals surface area contributed by atoms with E-state index in [1.54, 1.807) is 6.07 Å². The van der Waals surface area contributed by atoms with Gasteiger partial charge in [-0.05, 0) is 32.4 Å². The molecule has 0 spiro atoms. The molecule has 1 aromatic heterocycles. The van der Waals surface area contributed by atoms with Crippen LogP contribution in [0.15, 0.2) is 6.07 Å². The lowest BCUT2D eigenvalue weighted by molar-refractivity contribution is 1.43. The maximum atomic E-state index is 7.32. The third kappa shape index (κ3) is 3.79. The van der Waals surface area contributed by atoms with Gasteiger partial charge >= 0.3 is 0 Å². The van der Waals surface area contributed by atoms with Gasteiger partial charge in [0.15, 0.2) is 0 Å². The first-order valence-corrected chi connectivity index (χ1v) is 4.28. The van der Waals surface area contributed by atoms with Crippen molar-refractivity contribution in [1.29, 1.82) is 5.26 Å². The number of nitrogens with zero attached hydrogens (tertiary/aromatic N) is 1. The van der Waals surface area contributed by atoms with E-state index in [1.807, 2.05) is 11.3 Å². The van der Waals surface area contributed by atoms with E-state index in [2.05, 4.69) is 26.8 Å². The van der Waals surface area contributed by atoms with Gasteiger partial charge < -0.3 is 0 Å². The molecule has 0 aliphatic carbocycles. The number of rotatable bonds is 0. The van der Waals surface area contributed by atoms with E-state index in [9.17, 15) is 0 Å². The molecule has 0 radical (unpaired) electrons. The van der Waals surface area contributed by atoms with Crippen LogP contribution in [0.1, 0.15) is 22.2 Å². The highest BCUT2D eigenvalue weighted by Gasteiger charge is 1.93. The fourth-order valence-corrected chi connectivity index (χ4v) is 1.70. The van der Waals surface area contributed by atoms with Crippen molar-refractivity contribution in [2.24, 2.45) is 0 Å². The van der Waals surface area contributed by atoms with Crippen LogP contribution in [0.4, 0.5) is 0 Å². The SMILES string of the molecule is CC#N.Cc1cc(C)c(C)s1. The highest BCUT2D eigenvalue weighted by molar-refractivity contribution is 7.12. The van der Waals surface area contributed by atoms with Crippen LogP contribution >= 0.6 is 11.3 Å². The smallest absolute Gasteiger partial charge is 0.0587 e. The number of nitriles is 1. The molecule has 0 aliphatic heterocycles. The van der Waals surface area contributed by atoms with E-state index in [1.165, 1.54) is 22.2 Å². The molecule has 1 aromatic rings. The summed E-state index contributed by atoms with van der Waals surface area (Å²) in [5.74, 6) is 0. The summed E-state index contributed by atoms with van der Waals surface area (Å²) >= 11 is 1.87. The van der Waals surface area contributed by atoms with Crippen molar-refractivity contribution < 1.29 is 0 Å². The van der Waals surface area contributed by atoms with Gasteiger partial charge in [0.2, 0.25) is 0 Å². The summed E-state index contributed by atoms with van der Waals surface area (Å²) in [4.78, 5) is 2.86.